The molecule has 8 heteroatoms. The van der Waals surface area contributed by atoms with E-state index in [1.165, 1.54) is 6.20 Å². The summed E-state index contributed by atoms with van der Waals surface area (Å²) in [5.41, 5.74) is 0.0656. The highest BCUT2D eigenvalue weighted by Gasteiger charge is 2.25. The molecule has 3 aromatic rings. The second-order valence-corrected chi connectivity index (χ2v) is 6.05. The number of amides is 1. The fourth-order valence-corrected chi connectivity index (χ4v) is 3.15. The van der Waals surface area contributed by atoms with Crippen molar-refractivity contribution < 1.29 is 10.0 Å². The Labute approximate surface area is 148 Å². The van der Waals surface area contributed by atoms with Crippen LogP contribution in [0.25, 0.3) is 11.0 Å². The minimum atomic E-state index is -0.769. The van der Waals surface area contributed by atoms with Gasteiger partial charge in [0.25, 0.3) is 5.91 Å². The number of carbonyl (C=O) groups is 1. The van der Waals surface area contributed by atoms with Gasteiger partial charge in [-0.05, 0) is 24.3 Å². The van der Waals surface area contributed by atoms with Crippen molar-refractivity contribution in [2.75, 3.05) is 31.1 Å². The van der Waals surface area contributed by atoms with Crippen LogP contribution in [-0.2, 0) is 0 Å². The SMILES string of the molecule is O=C(c1ccccc1)N1CCN(c2nc(=O)n(O)c3ncccc23)CC1. The van der Waals surface area contributed by atoms with E-state index in [9.17, 15) is 14.8 Å². The average Bonchev–Trinajstić information content (AvgIpc) is 2.71. The molecule has 1 aromatic carbocycles. The average molecular weight is 351 g/mol. The summed E-state index contributed by atoms with van der Waals surface area (Å²) < 4.78 is 0.452. The number of piperazine rings is 1. The Morgan fingerprint density at radius 2 is 1.73 bits per heavy atom. The Morgan fingerprint density at radius 3 is 2.46 bits per heavy atom. The number of pyridine rings is 1. The van der Waals surface area contributed by atoms with Crippen LogP contribution in [-0.4, -0.2) is 56.9 Å². The van der Waals surface area contributed by atoms with Crippen molar-refractivity contribution in [3.8, 4) is 0 Å². The molecule has 3 heterocycles. The number of benzene rings is 1. The minimum Gasteiger partial charge on any atom is -0.422 e. The summed E-state index contributed by atoms with van der Waals surface area (Å²) >= 11 is 0. The van der Waals surface area contributed by atoms with E-state index in [1.54, 1.807) is 29.2 Å². The highest BCUT2D eigenvalue weighted by molar-refractivity contribution is 5.94. The zero-order valence-corrected chi connectivity index (χ0v) is 13.9. The quantitative estimate of drug-likeness (QED) is 0.693. The van der Waals surface area contributed by atoms with Gasteiger partial charge in [0.2, 0.25) is 0 Å². The van der Waals surface area contributed by atoms with E-state index < -0.39 is 5.69 Å². The Balaban J connectivity index is 1.58. The molecule has 1 fully saturated rings. The number of anilines is 1. The summed E-state index contributed by atoms with van der Waals surface area (Å²) in [5.74, 6) is 0.478. The van der Waals surface area contributed by atoms with Crippen molar-refractivity contribution in [2.45, 2.75) is 0 Å². The summed E-state index contributed by atoms with van der Waals surface area (Å²) in [6, 6.07) is 12.7. The van der Waals surface area contributed by atoms with Crippen LogP contribution in [0.3, 0.4) is 0 Å². The first-order valence-electron chi connectivity index (χ1n) is 8.31. The van der Waals surface area contributed by atoms with Crippen LogP contribution in [0.4, 0.5) is 5.82 Å². The number of fused-ring (bicyclic) bond motifs is 1. The first-order chi connectivity index (χ1) is 12.6. The standard InChI is InChI=1S/C18H17N5O3/c24-17(13-5-2-1-3-6-13)22-11-9-21(10-12-22)16-14-7-4-8-19-15(14)23(26)18(25)20-16/h1-8,26H,9-12H2. The Bertz CT molecular complexity index is 1010. The van der Waals surface area contributed by atoms with E-state index in [4.69, 9.17) is 0 Å². The molecule has 0 bridgehead atoms. The van der Waals surface area contributed by atoms with Crippen LogP contribution >= 0.6 is 0 Å². The van der Waals surface area contributed by atoms with Crippen molar-refractivity contribution in [1.29, 1.82) is 0 Å². The Morgan fingerprint density at radius 1 is 1.00 bits per heavy atom. The maximum atomic E-state index is 12.5. The van der Waals surface area contributed by atoms with Gasteiger partial charge in [0.15, 0.2) is 5.65 Å². The van der Waals surface area contributed by atoms with Gasteiger partial charge in [0.05, 0.1) is 5.39 Å². The topological polar surface area (TPSA) is 91.6 Å². The van der Waals surface area contributed by atoms with Gasteiger partial charge in [0.1, 0.15) is 5.82 Å². The van der Waals surface area contributed by atoms with E-state index in [-0.39, 0.29) is 11.6 Å². The molecule has 0 unspecified atom stereocenters. The Hall–Kier alpha value is -3.42. The van der Waals surface area contributed by atoms with Crippen molar-refractivity contribution >= 4 is 22.8 Å². The third-order valence-electron chi connectivity index (χ3n) is 4.50. The lowest BCUT2D eigenvalue weighted by Gasteiger charge is -2.35. The molecule has 1 N–H and O–H groups in total. The van der Waals surface area contributed by atoms with Crippen molar-refractivity contribution in [3.05, 3.63) is 64.7 Å². The normalized spacial score (nSPS) is 14.6. The van der Waals surface area contributed by atoms with Crippen molar-refractivity contribution in [2.24, 2.45) is 0 Å². The summed E-state index contributed by atoms with van der Waals surface area (Å²) in [7, 11) is 0. The van der Waals surface area contributed by atoms with Crippen molar-refractivity contribution in [1.82, 2.24) is 19.6 Å². The Kier molecular flexibility index (Phi) is 4.00. The van der Waals surface area contributed by atoms with Gasteiger partial charge in [0, 0.05) is 37.9 Å². The molecule has 1 saturated heterocycles. The molecule has 4 rings (SSSR count). The lowest BCUT2D eigenvalue weighted by Crippen LogP contribution is -2.49. The van der Waals surface area contributed by atoms with Gasteiger partial charge in [-0.2, -0.15) is 4.98 Å². The lowest BCUT2D eigenvalue weighted by molar-refractivity contribution is 0.0746. The van der Waals surface area contributed by atoms with Gasteiger partial charge < -0.3 is 15.0 Å². The van der Waals surface area contributed by atoms with Gasteiger partial charge in [-0.15, -0.1) is 4.73 Å². The molecule has 1 aliphatic heterocycles. The van der Waals surface area contributed by atoms with Crippen LogP contribution in [0.5, 0.6) is 0 Å². The molecule has 0 aliphatic carbocycles. The highest BCUT2D eigenvalue weighted by Crippen LogP contribution is 2.22. The van der Waals surface area contributed by atoms with Crippen LogP contribution in [0, 0.1) is 0 Å². The molecule has 0 saturated carbocycles. The summed E-state index contributed by atoms with van der Waals surface area (Å²) in [6.07, 6.45) is 1.51. The third kappa shape index (κ3) is 2.75. The second-order valence-electron chi connectivity index (χ2n) is 6.05. The molecule has 8 nitrogen and oxygen atoms in total. The molecule has 0 radical (unpaired) electrons. The van der Waals surface area contributed by atoms with Gasteiger partial charge in [-0.1, -0.05) is 18.2 Å². The summed E-state index contributed by atoms with van der Waals surface area (Å²) in [6.45, 7) is 2.15. The number of rotatable bonds is 2. The van der Waals surface area contributed by atoms with E-state index in [0.29, 0.717) is 47.7 Å². The van der Waals surface area contributed by atoms with E-state index in [0.717, 1.165) is 0 Å². The fraction of sp³-hybridized carbons (Fsp3) is 0.222. The first kappa shape index (κ1) is 16.1. The molecule has 0 spiro atoms. The smallest absolute Gasteiger partial charge is 0.384 e. The van der Waals surface area contributed by atoms with Crippen LogP contribution in [0.1, 0.15) is 10.4 Å². The van der Waals surface area contributed by atoms with Crippen LogP contribution in [0.2, 0.25) is 0 Å². The van der Waals surface area contributed by atoms with Crippen LogP contribution < -0.4 is 10.6 Å². The summed E-state index contributed by atoms with van der Waals surface area (Å²) in [5, 5.41) is 10.4. The molecule has 26 heavy (non-hydrogen) atoms. The van der Waals surface area contributed by atoms with Crippen molar-refractivity contribution in [3.63, 3.8) is 0 Å². The molecule has 1 aliphatic rings. The number of carbonyl (C=O) groups excluding carboxylic acids is 1. The predicted molar refractivity (Wildman–Crippen MR) is 95.5 cm³/mol. The highest BCUT2D eigenvalue weighted by atomic mass is 16.5. The molecule has 132 valence electrons. The van der Waals surface area contributed by atoms with Gasteiger partial charge in [-0.3, -0.25) is 4.79 Å². The monoisotopic (exact) mass is 351 g/mol. The number of hydrogen-bond acceptors (Lipinski definition) is 6. The fourth-order valence-electron chi connectivity index (χ4n) is 3.15. The first-order valence-corrected chi connectivity index (χ1v) is 8.31. The summed E-state index contributed by atoms with van der Waals surface area (Å²) in [4.78, 5) is 36.3. The molecular weight excluding hydrogens is 334 g/mol. The van der Waals surface area contributed by atoms with Gasteiger partial charge in [-0.25, -0.2) is 9.78 Å². The molecule has 0 atom stereocenters. The minimum absolute atomic E-state index is 0.00416. The zero-order valence-electron chi connectivity index (χ0n) is 13.9. The number of hydrogen-bond donors (Lipinski definition) is 1. The van der Waals surface area contributed by atoms with E-state index >= 15 is 0 Å². The molecule has 2 aromatic heterocycles. The molecular formula is C18H17N5O3. The predicted octanol–water partition coefficient (Wildman–Crippen LogP) is 0.991. The van der Waals surface area contributed by atoms with Crippen LogP contribution in [0.15, 0.2) is 53.5 Å². The number of aromatic nitrogens is 3. The third-order valence-corrected chi connectivity index (χ3v) is 4.50. The maximum absolute atomic E-state index is 12.5. The second kappa shape index (κ2) is 6.47. The zero-order chi connectivity index (χ0) is 18.1. The van der Waals surface area contributed by atoms with E-state index in [1.807, 2.05) is 23.1 Å². The lowest BCUT2D eigenvalue weighted by atomic mass is 10.2. The molecule has 1 amide bonds. The largest absolute Gasteiger partial charge is 0.422 e. The van der Waals surface area contributed by atoms with E-state index in [2.05, 4.69) is 9.97 Å². The number of nitrogens with zero attached hydrogens (tertiary/aromatic N) is 5. The van der Waals surface area contributed by atoms with Gasteiger partial charge >= 0.3 is 5.69 Å². The maximum Gasteiger partial charge on any atom is 0.384 e.